The summed E-state index contributed by atoms with van der Waals surface area (Å²) < 4.78 is 5.50. The van der Waals surface area contributed by atoms with E-state index in [2.05, 4.69) is 33.4 Å². The van der Waals surface area contributed by atoms with Crippen molar-refractivity contribution in [3.05, 3.63) is 69.7 Å². The first-order valence-corrected chi connectivity index (χ1v) is 11.1. The van der Waals surface area contributed by atoms with E-state index in [9.17, 15) is 4.79 Å². The van der Waals surface area contributed by atoms with Gasteiger partial charge in [-0.15, -0.1) is 10.2 Å². The average molecular weight is 423 g/mol. The maximum absolute atomic E-state index is 12.6. The third kappa shape index (κ3) is 5.04. The molecule has 0 aliphatic heterocycles. The Labute approximate surface area is 180 Å². The van der Waals surface area contributed by atoms with Crippen molar-refractivity contribution >= 4 is 22.9 Å². The molecule has 4 rings (SSSR count). The van der Waals surface area contributed by atoms with Crippen LogP contribution >= 0.6 is 11.3 Å². The Morgan fingerprint density at radius 3 is 2.60 bits per heavy atom. The third-order valence-electron chi connectivity index (χ3n) is 5.25. The van der Waals surface area contributed by atoms with Crippen LogP contribution in [0.5, 0.6) is 5.75 Å². The number of nitrogens with one attached hydrogen (secondary N) is 1. The number of methoxy groups -OCH3 is 1. The summed E-state index contributed by atoms with van der Waals surface area (Å²) in [4.78, 5) is 14.9. The molecular weight excluding hydrogens is 396 g/mol. The molecule has 1 heterocycles. The van der Waals surface area contributed by atoms with Gasteiger partial charge in [-0.3, -0.25) is 9.69 Å². The molecule has 0 atom stereocenters. The van der Waals surface area contributed by atoms with E-state index in [-0.39, 0.29) is 5.91 Å². The molecular formula is C23H26N4O2S. The van der Waals surface area contributed by atoms with Gasteiger partial charge in [0.05, 0.1) is 13.7 Å². The first kappa shape index (κ1) is 20.5. The van der Waals surface area contributed by atoms with Crippen LogP contribution in [0, 0.1) is 0 Å². The summed E-state index contributed by atoms with van der Waals surface area (Å²) in [5.74, 6) is 0.681. The number of carbonyl (C=O) groups excluding carboxylic acids is 1. The topological polar surface area (TPSA) is 67.4 Å². The number of hydrogen-bond donors (Lipinski definition) is 1. The quantitative estimate of drug-likeness (QED) is 0.549. The van der Waals surface area contributed by atoms with Gasteiger partial charge in [-0.25, -0.2) is 0 Å². The Morgan fingerprint density at radius 2 is 1.90 bits per heavy atom. The highest BCUT2D eigenvalue weighted by Gasteiger charge is 2.30. The van der Waals surface area contributed by atoms with Crippen LogP contribution < -0.4 is 10.1 Å². The van der Waals surface area contributed by atoms with Crippen LogP contribution in [0.25, 0.3) is 0 Å². The van der Waals surface area contributed by atoms with E-state index < -0.39 is 0 Å². The number of hydrogen-bond acceptors (Lipinski definition) is 6. The zero-order chi connectivity index (χ0) is 20.9. The number of rotatable bonds is 9. The molecule has 1 saturated carbocycles. The van der Waals surface area contributed by atoms with Gasteiger partial charge in [-0.1, -0.05) is 48.6 Å². The second-order valence-electron chi connectivity index (χ2n) is 7.45. The van der Waals surface area contributed by atoms with E-state index in [1.54, 1.807) is 7.11 Å². The predicted molar refractivity (Wildman–Crippen MR) is 119 cm³/mol. The second kappa shape index (κ2) is 9.36. The zero-order valence-electron chi connectivity index (χ0n) is 17.3. The van der Waals surface area contributed by atoms with Gasteiger partial charge in [0.1, 0.15) is 10.8 Å². The summed E-state index contributed by atoms with van der Waals surface area (Å²) in [6, 6.07) is 16.5. The van der Waals surface area contributed by atoms with E-state index in [1.807, 2.05) is 42.5 Å². The van der Waals surface area contributed by atoms with Crippen molar-refractivity contribution < 1.29 is 9.53 Å². The van der Waals surface area contributed by atoms with Crippen molar-refractivity contribution in [1.82, 2.24) is 15.1 Å². The minimum Gasteiger partial charge on any atom is -0.496 e. The van der Waals surface area contributed by atoms with Gasteiger partial charge in [-0.05, 0) is 43.0 Å². The molecule has 3 aromatic rings. The summed E-state index contributed by atoms with van der Waals surface area (Å²) in [6.45, 7) is 3.58. The fourth-order valence-electron chi connectivity index (χ4n) is 3.40. The fourth-order valence-corrected chi connectivity index (χ4v) is 4.16. The Balaban J connectivity index is 1.41. The van der Waals surface area contributed by atoms with E-state index in [0.717, 1.165) is 35.0 Å². The van der Waals surface area contributed by atoms with Crippen molar-refractivity contribution in [2.24, 2.45) is 0 Å². The van der Waals surface area contributed by atoms with E-state index in [0.29, 0.717) is 17.6 Å². The lowest BCUT2D eigenvalue weighted by atomic mass is 10.1. The smallest absolute Gasteiger partial charge is 0.286 e. The zero-order valence-corrected chi connectivity index (χ0v) is 18.1. The van der Waals surface area contributed by atoms with Gasteiger partial charge >= 0.3 is 0 Å². The molecule has 1 amide bonds. The number of carbonyl (C=O) groups is 1. The maximum atomic E-state index is 12.6. The van der Waals surface area contributed by atoms with Crippen molar-refractivity contribution in [3.63, 3.8) is 0 Å². The van der Waals surface area contributed by atoms with Gasteiger partial charge in [0.25, 0.3) is 5.91 Å². The van der Waals surface area contributed by atoms with Crippen LogP contribution in [-0.2, 0) is 19.5 Å². The first-order valence-electron chi connectivity index (χ1n) is 10.2. The lowest BCUT2D eigenvalue weighted by Crippen LogP contribution is -2.25. The third-order valence-corrected chi connectivity index (χ3v) is 6.16. The Kier molecular flexibility index (Phi) is 6.40. The van der Waals surface area contributed by atoms with Gasteiger partial charge in [-0.2, -0.15) is 0 Å². The summed E-state index contributed by atoms with van der Waals surface area (Å²) in [5, 5.41) is 12.5. The molecule has 156 valence electrons. The standard InChI is InChI=1S/C23H26N4O2S/c1-3-16-8-10-18(11-9-16)24-22(28)23-26-25-21(30-23)15-27(19-12-13-19)14-17-6-4-5-7-20(17)29-2/h4-11,19H,3,12-15H2,1-2H3,(H,24,28). The van der Waals surface area contributed by atoms with Gasteiger partial charge in [0.15, 0.2) is 0 Å². The second-order valence-corrected chi connectivity index (χ2v) is 8.52. The monoisotopic (exact) mass is 422 g/mol. The van der Waals surface area contributed by atoms with Crippen LogP contribution in [-0.4, -0.2) is 34.2 Å². The van der Waals surface area contributed by atoms with Crippen molar-refractivity contribution in [2.45, 2.75) is 45.3 Å². The van der Waals surface area contributed by atoms with E-state index >= 15 is 0 Å². The fraction of sp³-hybridized carbons (Fsp3) is 0.348. The molecule has 0 unspecified atom stereocenters. The van der Waals surface area contributed by atoms with E-state index in [4.69, 9.17) is 4.74 Å². The Hall–Kier alpha value is -2.77. The number of ether oxygens (including phenoxy) is 1. The van der Waals surface area contributed by atoms with Crippen molar-refractivity contribution in [2.75, 3.05) is 12.4 Å². The molecule has 30 heavy (non-hydrogen) atoms. The number of aryl methyl sites for hydroxylation is 1. The number of benzene rings is 2. The molecule has 0 spiro atoms. The Morgan fingerprint density at radius 1 is 1.13 bits per heavy atom. The van der Waals surface area contributed by atoms with Gasteiger partial charge < -0.3 is 10.1 Å². The number of para-hydroxylation sites is 1. The highest BCUT2D eigenvalue weighted by molar-refractivity contribution is 7.13. The summed E-state index contributed by atoms with van der Waals surface area (Å²) >= 11 is 1.35. The highest BCUT2D eigenvalue weighted by atomic mass is 32.1. The average Bonchev–Trinajstić information content (AvgIpc) is 3.52. The number of anilines is 1. The Bertz CT molecular complexity index is 998. The van der Waals surface area contributed by atoms with Crippen LogP contribution in [0.3, 0.4) is 0 Å². The summed E-state index contributed by atoms with van der Waals surface area (Å²) in [5.41, 5.74) is 3.16. The van der Waals surface area contributed by atoms with Gasteiger partial charge in [0, 0.05) is 23.8 Å². The molecule has 1 aliphatic carbocycles. The van der Waals surface area contributed by atoms with Crippen LogP contribution in [0.15, 0.2) is 48.5 Å². The molecule has 0 saturated heterocycles. The molecule has 0 bridgehead atoms. The maximum Gasteiger partial charge on any atom is 0.286 e. The largest absolute Gasteiger partial charge is 0.496 e. The minimum atomic E-state index is -0.217. The molecule has 1 fully saturated rings. The minimum absolute atomic E-state index is 0.217. The van der Waals surface area contributed by atoms with Crippen LogP contribution in [0.1, 0.15) is 45.7 Å². The molecule has 1 N–H and O–H groups in total. The summed E-state index contributed by atoms with van der Waals surface area (Å²) in [6.07, 6.45) is 3.35. The number of aromatic nitrogens is 2. The number of nitrogens with zero attached hydrogens (tertiary/aromatic N) is 3. The molecule has 7 heteroatoms. The predicted octanol–water partition coefficient (Wildman–Crippen LogP) is 4.53. The lowest BCUT2D eigenvalue weighted by molar-refractivity contribution is 0.102. The van der Waals surface area contributed by atoms with Crippen LogP contribution in [0.4, 0.5) is 5.69 Å². The van der Waals surface area contributed by atoms with E-state index in [1.165, 1.54) is 29.7 Å². The normalized spacial score (nSPS) is 13.4. The molecule has 0 radical (unpaired) electrons. The van der Waals surface area contributed by atoms with Gasteiger partial charge in [0.2, 0.25) is 5.01 Å². The lowest BCUT2D eigenvalue weighted by Gasteiger charge is -2.21. The highest BCUT2D eigenvalue weighted by Crippen LogP contribution is 2.32. The summed E-state index contributed by atoms with van der Waals surface area (Å²) in [7, 11) is 1.70. The molecule has 1 aliphatic rings. The van der Waals surface area contributed by atoms with Crippen LogP contribution in [0.2, 0.25) is 0 Å². The molecule has 6 nitrogen and oxygen atoms in total. The van der Waals surface area contributed by atoms with Crippen molar-refractivity contribution in [1.29, 1.82) is 0 Å². The SMILES string of the molecule is CCc1ccc(NC(=O)c2nnc(CN(Cc3ccccc3OC)C3CC3)s2)cc1. The first-order chi connectivity index (χ1) is 14.7. The van der Waals surface area contributed by atoms with Crippen molar-refractivity contribution in [3.8, 4) is 5.75 Å². The molecule has 2 aromatic carbocycles. The molecule has 1 aromatic heterocycles. The number of amides is 1.